The fraction of sp³-hybridized carbons (Fsp3) is 0.400. The molecule has 3 N–H and O–H groups in total. The summed E-state index contributed by atoms with van der Waals surface area (Å²) in [5, 5.41) is 17.7. The molecule has 1 aromatic carbocycles. The number of aliphatic hydroxyl groups excluding tert-OH is 1. The number of ether oxygens (including phenoxy) is 2. The predicted octanol–water partition coefficient (Wildman–Crippen LogP) is 2.91. The molecule has 0 fully saturated rings. The van der Waals surface area contributed by atoms with Gasteiger partial charge in [-0.1, -0.05) is 19.9 Å². The van der Waals surface area contributed by atoms with Gasteiger partial charge in [0.25, 0.3) is 5.91 Å². The van der Waals surface area contributed by atoms with Crippen LogP contribution in [0.2, 0.25) is 0 Å². The molecule has 1 heterocycles. The summed E-state index contributed by atoms with van der Waals surface area (Å²) >= 11 is 1.33. The molecule has 2 rings (SSSR count). The van der Waals surface area contributed by atoms with Gasteiger partial charge in [0.2, 0.25) is 0 Å². The van der Waals surface area contributed by atoms with Gasteiger partial charge in [-0.2, -0.15) is 0 Å². The third-order valence-electron chi connectivity index (χ3n) is 3.67. The van der Waals surface area contributed by atoms with Crippen LogP contribution < -0.4 is 15.4 Å². The first kappa shape index (κ1) is 21.9. The zero-order chi connectivity index (χ0) is 20.5. The van der Waals surface area contributed by atoms with Crippen molar-refractivity contribution in [2.24, 2.45) is 0 Å². The fourth-order valence-corrected chi connectivity index (χ4v) is 2.94. The van der Waals surface area contributed by atoms with Crippen molar-refractivity contribution in [1.82, 2.24) is 5.32 Å². The van der Waals surface area contributed by atoms with Crippen LogP contribution >= 0.6 is 11.3 Å². The van der Waals surface area contributed by atoms with E-state index in [0.29, 0.717) is 17.1 Å². The van der Waals surface area contributed by atoms with Crippen LogP contribution in [0.5, 0.6) is 5.75 Å². The van der Waals surface area contributed by atoms with Gasteiger partial charge < -0.3 is 25.2 Å². The lowest BCUT2D eigenvalue weighted by molar-refractivity contribution is 0.0515. The zero-order valence-corrected chi connectivity index (χ0v) is 17.0. The Hall–Kier alpha value is -2.42. The highest BCUT2D eigenvalue weighted by molar-refractivity contribution is 7.12. The first-order valence-corrected chi connectivity index (χ1v) is 9.99. The van der Waals surface area contributed by atoms with Gasteiger partial charge in [-0.25, -0.2) is 4.79 Å². The number of rotatable bonds is 10. The van der Waals surface area contributed by atoms with E-state index in [0.717, 1.165) is 0 Å². The standard InChI is InChI=1S/C20H26N2O5S/c1-4-26-20(25)16-10-14(22-19(24)18-6-5-9-28-18)7-8-17(16)27-12-15(23)11-21-13(2)3/h5-10,13,15,21,23H,4,11-12H2,1-3H3,(H,22,24). The largest absolute Gasteiger partial charge is 0.490 e. The van der Waals surface area contributed by atoms with E-state index >= 15 is 0 Å². The van der Waals surface area contributed by atoms with Crippen LogP contribution in [0.3, 0.4) is 0 Å². The van der Waals surface area contributed by atoms with Gasteiger partial charge >= 0.3 is 5.97 Å². The van der Waals surface area contributed by atoms with Gasteiger partial charge in [0.1, 0.15) is 24.0 Å². The number of hydrogen-bond donors (Lipinski definition) is 3. The number of anilines is 1. The molecule has 1 aromatic heterocycles. The number of hydrogen-bond acceptors (Lipinski definition) is 7. The smallest absolute Gasteiger partial charge is 0.341 e. The summed E-state index contributed by atoms with van der Waals surface area (Å²) in [6.07, 6.45) is -0.726. The van der Waals surface area contributed by atoms with Gasteiger partial charge in [-0.3, -0.25) is 4.79 Å². The van der Waals surface area contributed by atoms with Gasteiger partial charge in [0, 0.05) is 18.3 Å². The Kier molecular flexibility index (Phi) is 8.43. The van der Waals surface area contributed by atoms with Crippen molar-refractivity contribution >= 4 is 28.9 Å². The van der Waals surface area contributed by atoms with E-state index in [4.69, 9.17) is 9.47 Å². The van der Waals surface area contributed by atoms with E-state index < -0.39 is 12.1 Å². The Bertz CT molecular complexity index is 777. The van der Waals surface area contributed by atoms with Crippen LogP contribution in [0.4, 0.5) is 5.69 Å². The minimum atomic E-state index is -0.726. The summed E-state index contributed by atoms with van der Waals surface area (Å²) in [5.74, 6) is -0.524. The molecule has 0 bridgehead atoms. The van der Waals surface area contributed by atoms with Crippen molar-refractivity contribution in [3.05, 3.63) is 46.2 Å². The quantitative estimate of drug-likeness (QED) is 0.525. The number of benzene rings is 1. The van der Waals surface area contributed by atoms with Crippen LogP contribution in [0.25, 0.3) is 0 Å². The summed E-state index contributed by atoms with van der Waals surface area (Å²) in [4.78, 5) is 25.1. The number of nitrogens with one attached hydrogen (secondary N) is 2. The van der Waals surface area contributed by atoms with Crippen molar-refractivity contribution in [2.75, 3.05) is 25.1 Å². The average molecular weight is 407 g/mol. The first-order chi connectivity index (χ1) is 13.4. The number of amides is 1. The third-order valence-corrected chi connectivity index (χ3v) is 4.54. The lowest BCUT2D eigenvalue weighted by Crippen LogP contribution is -2.35. The molecule has 152 valence electrons. The highest BCUT2D eigenvalue weighted by Crippen LogP contribution is 2.25. The van der Waals surface area contributed by atoms with E-state index in [9.17, 15) is 14.7 Å². The molecule has 0 spiro atoms. The Morgan fingerprint density at radius 3 is 2.68 bits per heavy atom. The Labute approximate surface area is 168 Å². The van der Waals surface area contributed by atoms with Crippen LogP contribution in [0.1, 0.15) is 40.8 Å². The van der Waals surface area contributed by atoms with E-state index in [1.54, 1.807) is 31.2 Å². The summed E-state index contributed by atoms with van der Waals surface area (Å²) in [6, 6.07) is 8.49. The fourth-order valence-electron chi connectivity index (χ4n) is 2.32. The average Bonchev–Trinajstić information content (AvgIpc) is 3.20. The second-order valence-corrected chi connectivity index (χ2v) is 7.34. The number of carbonyl (C=O) groups is 2. The Morgan fingerprint density at radius 1 is 1.25 bits per heavy atom. The molecule has 0 aliphatic rings. The lowest BCUT2D eigenvalue weighted by Gasteiger charge is -2.17. The number of esters is 1. The molecular formula is C20H26N2O5S. The summed E-state index contributed by atoms with van der Waals surface area (Å²) in [5.41, 5.74) is 0.644. The van der Waals surface area contributed by atoms with E-state index in [1.165, 1.54) is 17.4 Å². The molecule has 7 nitrogen and oxygen atoms in total. The maximum atomic E-state index is 12.3. The van der Waals surface area contributed by atoms with Gasteiger partial charge in [-0.05, 0) is 36.6 Å². The second-order valence-electron chi connectivity index (χ2n) is 6.39. The van der Waals surface area contributed by atoms with E-state index in [2.05, 4.69) is 10.6 Å². The van der Waals surface area contributed by atoms with E-state index in [-0.39, 0.29) is 36.5 Å². The maximum Gasteiger partial charge on any atom is 0.341 e. The third kappa shape index (κ3) is 6.63. The van der Waals surface area contributed by atoms with Gasteiger partial charge in [0.15, 0.2) is 0 Å². The molecule has 1 unspecified atom stereocenters. The first-order valence-electron chi connectivity index (χ1n) is 9.11. The topological polar surface area (TPSA) is 96.9 Å². The SMILES string of the molecule is CCOC(=O)c1cc(NC(=O)c2cccs2)ccc1OCC(O)CNC(C)C. The molecule has 0 aliphatic heterocycles. The number of carbonyl (C=O) groups excluding carboxylic acids is 2. The molecule has 0 saturated carbocycles. The van der Waals surface area contributed by atoms with Crippen molar-refractivity contribution in [3.8, 4) is 5.75 Å². The number of thiophene rings is 1. The minimum absolute atomic E-state index is 0.0209. The van der Waals surface area contributed by atoms with Gasteiger partial charge in [0.05, 0.1) is 11.5 Å². The molecule has 0 aliphatic carbocycles. The minimum Gasteiger partial charge on any atom is -0.490 e. The molecule has 1 atom stereocenters. The molecule has 8 heteroatoms. The normalized spacial score (nSPS) is 11.9. The highest BCUT2D eigenvalue weighted by Gasteiger charge is 2.17. The molecule has 0 saturated heterocycles. The van der Waals surface area contributed by atoms with Crippen LogP contribution in [-0.2, 0) is 4.74 Å². The predicted molar refractivity (Wildman–Crippen MR) is 109 cm³/mol. The Morgan fingerprint density at radius 2 is 2.04 bits per heavy atom. The summed E-state index contributed by atoms with van der Waals surface area (Å²) in [6.45, 7) is 6.28. The molecule has 1 amide bonds. The van der Waals surface area contributed by atoms with E-state index in [1.807, 2.05) is 19.2 Å². The maximum absolute atomic E-state index is 12.3. The molecular weight excluding hydrogens is 380 g/mol. The zero-order valence-electron chi connectivity index (χ0n) is 16.2. The molecule has 0 radical (unpaired) electrons. The van der Waals surface area contributed by atoms with Crippen molar-refractivity contribution < 1.29 is 24.2 Å². The monoisotopic (exact) mass is 406 g/mol. The van der Waals surface area contributed by atoms with Crippen molar-refractivity contribution in [3.63, 3.8) is 0 Å². The Balaban J connectivity index is 2.11. The highest BCUT2D eigenvalue weighted by atomic mass is 32.1. The molecule has 28 heavy (non-hydrogen) atoms. The lowest BCUT2D eigenvalue weighted by atomic mass is 10.1. The van der Waals surface area contributed by atoms with Crippen LogP contribution in [0.15, 0.2) is 35.7 Å². The summed E-state index contributed by atoms with van der Waals surface area (Å²) < 4.78 is 10.7. The van der Waals surface area contributed by atoms with Crippen LogP contribution in [0, 0.1) is 0 Å². The second kappa shape index (κ2) is 10.8. The summed E-state index contributed by atoms with van der Waals surface area (Å²) in [7, 11) is 0. The van der Waals surface area contributed by atoms with Crippen LogP contribution in [-0.4, -0.2) is 48.9 Å². The molecule has 2 aromatic rings. The van der Waals surface area contributed by atoms with Gasteiger partial charge in [-0.15, -0.1) is 11.3 Å². The van der Waals surface area contributed by atoms with Crippen molar-refractivity contribution in [1.29, 1.82) is 0 Å². The number of aliphatic hydroxyl groups is 1. The van der Waals surface area contributed by atoms with Crippen molar-refractivity contribution in [2.45, 2.75) is 32.9 Å².